The van der Waals surface area contributed by atoms with Crippen LogP contribution in [0.2, 0.25) is 0 Å². The van der Waals surface area contributed by atoms with Crippen LogP contribution in [0.5, 0.6) is 5.75 Å². The molecule has 1 fully saturated rings. The van der Waals surface area contributed by atoms with Gasteiger partial charge in [0.2, 0.25) is 0 Å². The second-order valence-corrected chi connectivity index (χ2v) is 7.50. The third-order valence-corrected chi connectivity index (χ3v) is 5.16. The first-order valence-corrected chi connectivity index (χ1v) is 9.94. The van der Waals surface area contributed by atoms with Gasteiger partial charge >= 0.3 is 5.97 Å². The minimum atomic E-state index is -0.460. The van der Waals surface area contributed by atoms with Crippen molar-refractivity contribution in [3.8, 4) is 5.75 Å². The van der Waals surface area contributed by atoms with Crippen molar-refractivity contribution < 1.29 is 23.8 Å². The van der Waals surface area contributed by atoms with Crippen molar-refractivity contribution in [1.82, 2.24) is 0 Å². The Morgan fingerprint density at radius 3 is 2.48 bits per heavy atom. The molecule has 0 unspecified atom stereocenters. The molecule has 1 N–H and O–H groups in total. The molecule has 0 radical (unpaired) electrons. The van der Waals surface area contributed by atoms with Crippen LogP contribution in [0.4, 0.5) is 11.4 Å². The summed E-state index contributed by atoms with van der Waals surface area (Å²) in [5.74, 6) is -0.288. The molecule has 1 aliphatic heterocycles. The summed E-state index contributed by atoms with van der Waals surface area (Å²) in [6.07, 6.45) is 0. The van der Waals surface area contributed by atoms with Crippen LogP contribution in [-0.4, -0.2) is 52.4 Å². The summed E-state index contributed by atoms with van der Waals surface area (Å²) >= 11 is 3.41. The summed E-state index contributed by atoms with van der Waals surface area (Å²) in [7, 11) is 2.87. The number of hydrogen-bond acceptors (Lipinski definition) is 6. The lowest BCUT2D eigenvalue weighted by Gasteiger charge is -2.30. The lowest BCUT2D eigenvalue weighted by molar-refractivity contribution is 0.0600. The number of carbonyl (C=O) groups is 2. The standard InChI is InChI=1S/C21H23BrN2O5/c1-13-10-14(22)11-17(19(13)27-2)20(25)23-15-4-5-18(16(12-15)21(26)28-3)24-6-8-29-9-7-24/h4-5,10-12H,6-9H2,1-3H3,(H,23,25). The zero-order chi connectivity index (χ0) is 21.0. The third-order valence-electron chi connectivity index (χ3n) is 4.70. The summed E-state index contributed by atoms with van der Waals surface area (Å²) < 4.78 is 16.5. The predicted octanol–water partition coefficient (Wildman–Crippen LogP) is 3.64. The number of ether oxygens (including phenoxy) is 3. The first-order chi connectivity index (χ1) is 13.9. The maximum atomic E-state index is 12.9. The maximum absolute atomic E-state index is 12.9. The van der Waals surface area contributed by atoms with Gasteiger partial charge in [0.05, 0.1) is 44.2 Å². The van der Waals surface area contributed by atoms with E-state index in [2.05, 4.69) is 26.1 Å². The Morgan fingerprint density at radius 1 is 1.10 bits per heavy atom. The summed E-state index contributed by atoms with van der Waals surface area (Å²) in [6.45, 7) is 4.43. The molecule has 1 saturated heterocycles. The van der Waals surface area contributed by atoms with Crippen molar-refractivity contribution in [3.05, 3.63) is 51.5 Å². The number of carbonyl (C=O) groups excluding carboxylic acids is 2. The van der Waals surface area contributed by atoms with Crippen LogP contribution < -0.4 is 15.0 Å². The van der Waals surface area contributed by atoms with Crippen LogP contribution in [-0.2, 0) is 9.47 Å². The fourth-order valence-corrected chi connectivity index (χ4v) is 3.91. The van der Waals surface area contributed by atoms with E-state index in [9.17, 15) is 9.59 Å². The second-order valence-electron chi connectivity index (χ2n) is 6.58. The highest BCUT2D eigenvalue weighted by Crippen LogP contribution is 2.30. The highest BCUT2D eigenvalue weighted by Gasteiger charge is 2.21. The number of anilines is 2. The summed E-state index contributed by atoms with van der Waals surface area (Å²) in [4.78, 5) is 27.3. The zero-order valence-electron chi connectivity index (χ0n) is 16.6. The fourth-order valence-electron chi connectivity index (χ4n) is 3.34. The molecule has 7 nitrogen and oxygen atoms in total. The lowest BCUT2D eigenvalue weighted by Crippen LogP contribution is -2.37. The predicted molar refractivity (Wildman–Crippen MR) is 114 cm³/mol. The number of amides is 1. The normalized spacial score (nSPS) is 13.7. The molecule has 1 aliphatic rings. The molecule has 0 atom stereocenters. The SMILES string of the molecule is COC(=O)c1cc(NC(=O)c2cc(Br)cc(C)c2OC)ccc1N1CCOCC1. The van der Waals surface area contributed by atoms with Gasteiger partial charge in [0.25, 0.3) is 5.91 Å². The van der Waals surface area contributed by atoms with E-state index >= 15 is 0 Å². The Morgan fingerprint density at radius 2 is 1.83 bits per heavy atom. The molecule has 8 heteroatoms. The molecular formula is C21H23BrN2O5. The van der Waals surface area contributed by atoms with Gasteiger partial charge in [0.1, 0.15) is 5.75 Å². The van der Waals surface area contributed by atoms with E-state index in [4.69, 9.17) is 14.2 Å². The van der Waals surface area contributed by atoms with Gasteiger partial charge in [-0.3, -0.25) is 4.79 Å². The first-order valence-electron chi connectivity index (χ1n) is 9.15. The topological polar surface area (TPSA) is 77.1 Å². The lowest BCUT2D eigenvalue weighted by atomic mass is 10.1. The number of halogens is 1. The zero-order valence-corrected chi connectivity index (χ0v) is 18.2. The van der Waals surface area contributed by atoms with Gasteiger partial charge < -0.3 is 24.4 Å². The van der Waals surface area contributed by atoms with Crippen molar-refractivity contribution in [1.29, 1.82) is 0 Å². The molecule has 1 amide bonds. The van der Waals surface area contributed by atoms with E-state index in [1.54, 1.807) is 18.2 Å². The Hall–Kier alpha value is -2.58. The van der Waals surface area contributed by atoms with E-state index in [1.165, 1.54) is 14.2 Å². The summed E-state index contributed by atoms with van der Waals surface area (Å²) in [5, 5.41) is 2.85. The van der Waals surface area contributed by atoms with E-state index in [1.807, 2.05) is 19.1 Å². The van der Waals surface area contributed by atoms with Gasteiger partial charge in [0, 0.05) is 23.2 Å². The smallest absolute Gasteiger partial charge is 0.340 e. The minimum absolute atomic E-state index is 0.332. The quantitative estimate of drug-likeness (QED) is 0.683. The number of methoxy groups -OCH3 is 2. The highest BCUT2D eigenvalue weighted by atomic mass is 79.9. The average Bonchev–Trinajstić information content (AvgIpc) is 2.73. The van der Waals surface area contributed by atoms with Crippen LogP contribution in [0.25, 0.3) is 0 Å². The van der Waals surface area contributed by atoms with Crippen LogP contribution in [0.3, 0.4) is 0 Å². The molecule has 0 saturated carbocycles. The van der Waals surface area contributed by atoms with Crippen LogP contribution in [0.15, 0.2) is 34.8 Å². The van der Waals surface area contributed by atoms with Gasteiger partial charge in [-0.25, -0.2) is 4.79 Å². The Kier molecular flexibility index (Phi) is 6.76. The first kappa shape index (κ1) is 21.1. The molecule has 2 aromatic rings. The summed E-state index contributed by atoms with van der Waals surface area (Å²) in [5.41, 5.74) is 2.88. The molecule has 0 aromatic heterocycles. The van der Waals surface area contributed by atoms with Crippen molar-refractivity contribution in [3.63, 3.8) is 0 Å². The number of rotatable bonds is 5. The van der Waals surface area contributed by atoms with Crippen molar-refractivity contribution in [2.24, 2.45) is 0 Å². The van der Waals surface area contributed by atoms with E-state index < -0.39 is 5.97 Å². The Bertz CT molecular complexity index is 926. The van der Waals surface area contributed by atoms with E-state index in [-0.39, 0.29) is 5.91 Å². The molecule has 29 heavy (non-hydrogen) atoms. The van der Waals surface area contributed by atoms with Gasteiger partial charge in [0.15, 0.2) is 0 Å². The molecule has 1 heterocycles. The van der Waals surface area contributed by atoms with Crippen LogP contribution in [0, 0.1) is 6.92 Å². The van der Waals surface area contributed by atoms with Crippen LogP contribution >= 0.6 is 15.9 Å². The third kappa shape index (κ3) is 4.71. The summed E-state index contributed by atoms with van der Waals surface area (Å²) in [6, 6.07) is 8.79. The largest absolute Gasteiger partial charge is 0.496 e. The number of morpholine rings is 1. The van der Waals surface area contributed by atoms with Crippen molar-refractivity contribution in [2.45, 2.75) is 6.92 Å². The monoisotopic (exact) mass is 462 g/mol. The van der Waals surface area contributed by atoms with Crippen LogP contribution in [0.1, 0.15) is 26.3 Å². The fraction of sp³-hybridized carbons (Fsp3) is 0.333. The number of benzene rings is 2. The van der Waals surface area contributed by atoms with Gasteiger partial charge in [-0.15, -0.1) is 0 Å². The van der Waals surface area contributed by atoms with E-state index in [0.717, 1.165) is 15.7 Å². The van der Waals surface area contributed by atoms with Gasteiger partial charge in [-0.1, -0.05) is 15.9 Å². The number of hydrogen-bond donors (Lipinski definition) is 1. The number of nitrogens with zero attached hydrogens (tertiary/aromatic N) is 1. The van der Waals surface area contributed by atoms with Crippen molar-refractivity contribution in [2.75, 3.05) is 50.7 Å². The number of esters is 1. The second kappa shape index (κ2) is 9.28. The molecular weight excluding hydrogens is 440 g/mol. The van der Waals surface area contributed by atoms with Crippen molar-refractivity contribution >= 4 is 39.2 Å². The molecule has 0 bridgehead atoms. The minimum Gasteiger partial charge on any atom is -0.496 e. The Balaban J connectivity index is 1.92. The molecule has 2 aromatic carbocycles. The maximum Gasteiger partial charge on any atom is 0.340 e. The van der Waals surface area contributed by atoms with Gasteiger partial charge in [-0.2, -0.15) is 0 Å². The van der Waals surface area contributed by atoms with Gasteiger partial charge in [-0.05, 0) is 42.8 Å². The van der Waals surface area contributed by atoms with E-state index in [0.29, 0.717) is 48.9 Å². The molecule has 154 valence electrons. The Labute approximate surface area is 178 Å². The molecule has 0 aliphatic carbocycles. The molecule has 3 rings (SSSR count). The average molecular weight is 463 g/mol. The number of aryl methyl sites for hydroxylation is 1. The highest BCUT2D eigenvalue weighted by molar-refractivity contribution is 9.10. The molecule has 0 spiro atoms. The number of nitrogens with one attached hydrogen (secondary N) is 1.